The van der Waals surface area contributed by atoms with E-state index in [1.807, 2.05) is 0 Å². The lowest BCUT2D eigenvalue weighted by Crippen LogP contribution is -2.42. The van der Waals surface area contributed by atoms with Crippen molar-refractivity contribution >= 4 is 5.91 Å². The summed E-state index contributed by atoms with van der Waals surface area (Å²) in [6.07, 6.45) is 0. The summed E-state index contributed by atoms with van der Waals surface area (Å²) in [5.74, 6) is -0.816. The molecule has 0 heterocycles. The second-order valence-electron chi connectivity index (χ2n) is 3.66. The molecule has 0 saturated carbocycles. The van der Waals surface area contributed by atoms with Crippen molar-refractivity contribution in [3.05, 3.63) is 71.8 Å². The molecule has 2 rings (SSSR count). The zero-order valence-corrected chi connectivity index (χ0v) is 9.05. The molecule has 0 radical (unpaired) electrons. The second kappa shape index (κ2) is 4.28. The van der Waals surface area contributed by atoms with Crippen molar-refractivity contribution in [2.75, 3.05) is 0 Å². The highest BCUT2D eigenvalue weighted by Gasteiger charge is 2.37. The van der Waals surface area contributed by atoms with E-state index in [0.29, 0.717) is 11.1 Å². The summed E-state index contributed by atoms with van der Waals surface area (Å²) in [5, 5.41) is 10.5. The average molecular weight is 225 g/mol. The molecule has 1 atom stereocenters. The van der Waals surface area contributed by atoms with E-state index < -0.39 is 11.5 Å². The molecule has 0 aliphatic carbocycles. The Kier molecular flexibility index (Phi) is 2.82. The molecule has 0 aliphatic heterocycles. The van der Waals surface area contributed by atoms with E-state index in [9.17, 15) is 9.90 Å². The summed E-state index contributed by atoms with van der Waals surface area (Å²) in [4.78, 5) is 11.6. The van der Waals surface area contributed by atoms with E-state index >= 15 is 0 Å². The zero-order chi connectivity index (χ0) is 12.3. The summed E-state index contributed by atoms with van der Waals surface area (Å²) < 4.78 is 0. The van der Waals surface area contributed by atoms with Gasteiger partial charge in [0.2, 0.25) is 0 Å². The van der Waals surface area contributed by atoms with E-state index in [2.05, 4.69) is 12.1 Å². The van der Waals surface area contributed by atoms with Crippen LogP contribution < -0.4 is 5.73 Å². The molecule has 0 aliphatic rings. The van der Waals surface area contributed by atoms with Gasteiger partial charge in [0.05, 0.1) is 0 Å². The number of nitrogens with two attached hydrogens (primary N) is 1. The predicted octanol–water partition coefficient (Wildman–Crippen LogP) is 1.01. The van der Waals surface area contributed by atoms with Crippen LogP contribution in [0.3, 0.4) is 0 Å². The molecule has 1 unspecified atom stereocenters. The molecule has 0 aromatic heterocycles. The van der Waals surface area contributed by atoms with Crippen molar-refractivity contribution < 1.29 is 9.90 Å². The first kappa shape index (κ1) is 11.2. The maximum atomic E-state index is 11.6. The van der Waals surface area contributed by atoms with Crippen LogP contribution >= 0.6 is 0 Å². The molecule has 2 aromatic carbocycles. The van der Waals surface area contributed by atoms with Crippen LogP contribution in [0.25, 0.3) is 0 Å². The van der Waals surface area contributed by atoms with Gasteiger partial charge < -0.3 is 10.8 Å². The first-order valence-corrected chi connectivity index (χ1v) is 5.12. The fourth-order valence-electron chi connectivity index (χ4n) is 1.70. The Morgan fingerprint density at radius 1 is 1.12 bits per heavy atom. The van der Waals surface area contributed by atoms with Crippen molar-refractivity contribution in [2.45, 2.75) is 5.60 Å². The first-order chi connectivity index (χ1) is 8.15. The summed E-state index contributed by atoms with van der Waals surface area (Å²) in [5.41, 5.74) is 4.32. The van der Waals surface area contributed by atoms with Crippen LogP contribution in [0.2, 0.25) is 0 Å². The lowest BCUT2D eigenvalue weighted by atomic mass is 9.86. The van der Waals surface area contributed by atoms with Gasteiger partial charge in [-0.15, -0.1) is 0 Å². The van der Waals surface area contributed by atoms with Crippen LogP contribution in [0.5, 0.6) is 0 Å². The van der Waals surface area contributed by atoms with Gasteiger partial charge in [-0.1, -0.05) is 42.5 Å². The number of carbonyl (C=O) groups is 1. The van der Waals surface area contributed by atoms with Gasteiger partial charge in [-0.3, -0.25) is 4.79 Å². The Labute approximate surface area is 99.5 Å². The molecule has 0 saturated heterocycles. The number of carbonyl (C=O) groups excluding carboxylic acids is 1. The summed E-state index contributed by atoms with van der Waals surface area (Å²) in [6.45, 7) is 0. The van der Waals surface area contributed by atoms with Gasteiger partial charge in [-0.25, -0.2) is 0 Å². The largest absolute Gasteiger partial charge is 0.372 e. The topological polar surface area (TPSA) is 63.3 Å². The summed E-state index contributed by atoms with van der Waals surface area (Å²) >= 11 is 0. The van der Waals surface area contributed by atoms with Crippen LogP contribution in [-0.4, -0.2) is 11.0 Å². The summed E-state index contributed by atoms with van der Waals surface area (Å²) in [6, 6.07) is 18.7. The monoisotopic (exact) mass is 225 g/mol. The molecule has 3 nitrogen and oxygen atoms in total. The normalized spacial score (nSPS) is 10.6. The number of primary amides is 1. The Bertz CT molecular complexity index is 469. The maximum absolute atomic E-state index is 11.6. The predicted molar refractivity (Wildman–Crippen MR) is 62.7 cm³/mol. The number of benzene rings is 1. The van der Waals surface area contributed by atoms with Gasteiger partial charge in [-0.2, -0.15) is 0 Å². The Balaban J connectivity index is 2.59. The van der Waals surface area contributed by atoms with Gasteiger partial charge in [0, 0.05) is 5.56 Å². The minimum absolute atomic E-state index is 0.384. The third kappa shape index (κ3) is 1.86. The van der Waals surface area contributed by atoms with Crippen molar-refractivity contribution in [3.63, 3.8) is 0 Å². The highest BCUT2D eigenvalue weighted by atomic mass is 16.3. The molecule has 3 heteroatoms. The van der Waals surface area contributed by atoms with E-state index in [0.717, 1.165) is 0 Å². The van der Waals surface area contributed by atoms with Crippen LogP contribution in [0, 0.1) is 12.1 Å². The van der Waals surface area contributed by atoms with E-state index in [-0.39, 0.29) is 0 Å². The van der Waals surface area contributed by atoms with Crippen LogP contribution in [0.4, 0.5) is 0 Å². The highest BCUT2D eigenvalue weighted by Crippen LogP contribution is 2.28. The molecular weight excluding hydrogens is 214 g/mol. The first-order valence-electron chi connectivity index (χ1n) is 5.12. The van der Waals surface area contributed by atoms with Gasteiger partial charge in [0.1, 0.15) is 0 Å². The minimum Gasteiger partial charge on any atom is -0.372 e. The van der Waals surface area contributed by atoms with Gasteiger partial charge in [-0.05, 0) is 23.8 Å². The third-order valence-electron chi connectivity index (χ3n) is 2.62. The number of aliphatic hydroxyl groups is 1. The van der Waals surface area contributed by atoms with Crippen LogP contribution in [0.1, 0.15) is 11.1 Å². The minimum atomic E-state index is -1.83. The van der Waals surface area contributed by atoms with Crippen molar-refractivity contribution in [3.8, 4) is 0 Å². The molecule has 1 amide bonds. The lowest BCUT2D eigenvalue weighted by Gasteiger charge is -2.24. The Morgan fingerprint density at radius 2 is 1.82 bits per heavy atom. The summed E-state index contributed by atoms with van der Waals surface area (Å²) in [7, 11) is 0. The van der Waals surface area contributed by atoms with Crippen molar-refractivity contribution in [1.29, 1.82) is 0 Å². The molecule has 2 aromatic rings. The number of hydrogen-bond donors (Lipinski definition) is 2. The molecule has 17 heavy (non-hydrogen) atoms. The number of amides is 1. The van der Waals surface area contributed by atoms with Gasteiger partial charge in [0.25, 0.3) is 5.91 Å². The van der Waals surface area contributed by atoms with Gasteiger partial charge >= 0.3 is 0 Å². The average Bonchev–Trinajstić information content (AvgIpc) is 2.39. The van der Waals surface area contributed by atoms with E-state index in [1.165, 1.54) is 6.07 Å². The quantitative estimate of drug-likeness (QED) is 0.818. The number of hydrogen-bond acceptors (Lipinski definition) is 2. The maximum Gasteiger partial charge on any atom is 0.258 e. The number of rotatable bonds is 3. The molecular formula is C14H11NO2. The standard InChI is InChI=1S/C14H11NO2/c15-13(16)14(17,11-7-3-1-4-8-11)12-9-5-2-6-10-12/h1,3-5,7-10,17H,(H2,15,16). The van der Waals surface area contributed by atoms with Crippen LogP contribution in [0.15, 0.2) is 48.5 Å². The van der Waals surface area contributed by atoms with Crippen LogP contribution in [-0.2, 0) is 10.4 Å². The fourth-order valence-corrected chi connectivity index (χ4v) is 1.70. The molecule has 0 spiro atoms. The van der Waals surface area contributed by atoms with Crippen molar-refractivity contribution in [1.82, 2.24) is 0 Å². The highest BCUT2D eigenvalue weighted by molar-refractivity contribution is 5.88. The molecule has 84 valence electrons. The molecule has 0 bridgehead atoms. The lowest BCUT2D eigenvalue weighted by molar-refractivity contribution is -0.133. The van der Waals surface area contributed by atoms with Crippen molar-refractivity contribution in [2.24, 2.45) is 5.73 Å². The van der Waals surface area contributed by atoms with Gasteiger partial charge in [0.15, 0.2) is 5.60 Å². The second-order valence-corrected chi connectivity index (χ2v) is 3.66. The van der Waals surface area contributed by atoms with E-state index in [1.54, 1.807) is 42.5 Å². The third-order valence-corrected chi connectivity index (χ3v) is 2.62. The zero-order valence-electron chi connectivity index (χ0n) is 9.05. The SMILES string of the molecule is NC(=O)C(O)(c1cc#ccc1)c1ccccc1. The van der Waals surface area contributed by atoms with E-state index in [4.69, 9.17) is 5.73 Å². The Hall–Kier alpha value is -2.31. The molecule has 0 fully saturated rings. The Morgan fingerprint density at radius 3 is 2.35 bits per heavy atom. The molecule has 3 N–H and O–H groups in total. The fraction of sp³-hybridized carbons (Fsp3) is 0.0714. The smallest absolute Gasteiger partial charge is 0.258 e.